The molecule has 0 radical (unpaired) electrons. The highest BCUT2D eigenvalue weighted by Gasteiger charge is 2.39. The number of ether oxygens (including phenoxy) is 3. The van der Waals surface area contributed by atoms with Crippen molar-refractivity contribution in [3.8, 4) is 22.8 Å². The Morgan fingerprint density at radius 1 is 1.07 bits per heavy atom. The number of carboxylic acids is 1. The molecule has 1 aromatic heterocycles. The summed E-state index contributed by atoms with van der Waals surface area (Å²) in [6, 6.07) is 17.3. The van der Waals surface area contributed by atoms with Gasteiger partial charge in [0.1, 0.15) is 11.9 Å². The summed E-state index contributed by atoms with van der Waals surface area (Å²) < 4.78 is 18.0. The minimum Gasteiger partial charge on any atom is -0.485 e. The number of nitrogens with zero attached hydrogens (tertiary/aromatic N) is 2. The zero-order valence-electron chi connectivity index (χ0n) is 24.9. The number of benzene rings is 2. The van der Waals surface area contributed by atoms with Crippen LogP contribution in [0.4, 0.5) is 0 Å². The van der Waals surface area contributed by atoms with Crippen LogP contribution in [0.5, 0.6) is 11.6 Å². The Bertz CT molecular complexity index is 1410. The van der Waals surface area contributed by atoms with Crippen molar-refractivity contribution in [2.45, 2.75) is 63.5 Å². The van der Waals surface area contributed by atoms with Crippen LogP contribution in [0.15, 0.2) is 54.7 Å². The lowest BCUT2D eigenvalue weighted by molar-refractivity contribution is -0.142. The Balaban J connectivity index is 1.35. The van der Waals surface area contributed by atoms with Crippen LogP contribution in [0.3, 0.4) is 0 Å². The van der Waals surface area contributed by atoms with Crippen molar-refractivity contribution in [3.63, 3.8) is 0 Å². The highest BCUT2D eigenvalue weighted by atomic mass is 16.5. The minimum absolute atomic E-state index is 0.0234. The van der Waals surface area contributed by atoms with Gasteiger partial charge in [-0.2, -0.15) is 0 Å². The van der Waals surface area contributed by atoms with Gasteiger partial charge in [0.15, 0.2) is 0 Å². The molecular formula is C35H42N2O5. The van der Waals surface area contributed by atoms with Gasteiger partial charge < -0.3 is 19.3 Å². The predicted molar refractivity (Wildman–Crippen MR) is 162 cm³/mol. The topological polar surface area (TPSA) is 81.1 Å². The highest BCUT2D eigenvalue weighted by molar-refractivity contribution is 5.71. The molecule has 2 aromatic carbocycles. The first-order valence-corrected chi connectivity index (χ1v) is 15.4. The number of pyridine rings is 1. The maximum absolute atomic E-state index is 11.9. The van der Waals surface area contributed by atoms with E-state index in [1.807, 2.05) is 19.1 Å². The molecular weight excluding hydrogens is 528 g/mol. The fourth-order valence-electron chi connectivity index (χ4n) is 7.02. The van der Waals surface area contributed by atoms with Gasteiger partial charge in [-0.05, 0) is 115 Å². The first-order valence-electron chi connectivity index (χ1n) is 15.4. The zero-order valence-corrected chi connectivity index (χ0v) is 24.9. The van der Waals surface area contributed by atoms with Crippen molar-refractivity contribution in [1.82, 2.24) is 9.88 Å². The van der Waals surface area contributed by atoms with E-state index in [-0.39, 0.29) is 18.1 Å². The highest BCUT2D eigenvalue weighted by Crippen LogP contribution is 2.48. The first-order chi connectivity index (χ1) is 20.5. The van der Waals surface area contributed by atoms with Crippen molar-refractivity contribution in [1.29, 1.82) is 0 Å². The van der Waals surface area contributed by atoms with Gasteiger partial charge in [-0.1, -0.05) is 31.2 Å². The van der Waals surface area contributed by atoms with E-state index in [4.69, 9.17) is 14.2 Å². The Kier molecular flexibility index (Phi) is 8.50. The lowest BCUT2D eigenvalue weighted by Crippen LogP contribution is -2.29. The van der Waals surface area contributed by atoms with Crippen LogP contribution in [-0.4, -0.2) is 54.9 Å². The van der Waals surface area contributed by atoms with Crippen molar-refractivity contribution >= 4 is 5.97 Å². The molecule has 3 aromatic rings. The van der Waals surface area contributed by atoms with Crippen LogP contribution >= 0.6 is 0 Å². The third-order valence-electron chi connectivity index (χ3n) is 9.45. The van der Waals surface area contributed by atoms with E-state index in [1.165, 1.54) is 24.0 Å². The van der Waals surface area contributed by atoms with E-state index in [2.05, 4.69) is 46.3 Å². The lowest BCUT2D eigenvalue weighted by Gasteiger charge is -2.32. The molecule has 2 unspecified atom stereocenters. The SMILES string of the molecule is COCC(c1cc(C2CCc3ccc([C@H](C4CC4)[C@H](C)C(=O)O)cc3O2)ccc1-c1ccnc(OC)c1)N1CCCC1. The number of likely N-dealkylation sites (tertiary alicyclic amines) is 1. The summed E-state index contributed by atoms with van der Waals surface area (Å²) in [5, 5.41) is 9.79. The number of aliphatic carboxylic acids is 1. The molecule has 6 rings (SSSR count). The number of fused-ring (bicyclic) bond motifs is 1. The van der Waals surface area contributed by atoms with E-state index < -0.39 is 11.9 Å². The zero-order chi connectivity index (χ0) is 29.2. The smallest absolute Gasteiger partial charge is 0.306 e. The lowest BCUT2D eigenvalue weighted by atomic mass is 9.82. The van der Waals surface area contributed by atoms with Gasteiger partial charge in [-0.25, -0.2) is 4.98 Å². The maximum atomic E-state index is 11.9. The van der Waals surface area contributed by atoms with Gasteiger partial charge in [0.2, 0.25) is 5.88 Å². The summed E-state index contributed by atoms with van der Waals surface area (Å²) in [5.74, 6) is 0.807. The number of hydrogen-bond donors (Lipinski definition) is 1. The van der Waals surface area contributed by atoms with Crippen LogP contribution in [0.2, 0.25) is 0 Å². The number of carbonyl (C=O) groups is 1. The molecule has 2 aliphatic heterocycles. The van der Waals surface area contributed by atoms with Crippen molar-refractivity contribution in [2.24, 2.45) is 11.8 Å². The van der Waals surface area contributed by atoms with Gasteiger partial charge in [0.25, 0.3) is 0 Å². The fourth-order valence-corrected chi connectivity index (χ4v) is 7.02. The van der Waals surface area contributed by atoms with Crippen LogP contribution in [0.1, 0.15) is 79.3 Å². The van der Waals surface area contributed by atoms with Gasteiger partial charge in [-0.15, -0.1) is 0 Å². The summed E-state index contributed by atoms with van der Waals surface area (Å²) in [7, 11) is 3.42. The average Bonchev–Trinajstić information content (AvgIpc) is 3.70. The summed E-state index contributed by atoms with van der Waals surface area (Å²) >= 11 is 0. The monoisotopic (exact) mass is 570 g/mol. The molecule has 1 aliphatic carbocycles. The summed E-state index contributed by atoms with van der Waals surface area (Å²) in [4.78, 5) is 18.8. The minimum atomic E-state index is -0.730. The molecule has 3 aliphatic rings. The molecule has 1 saturated heterocycles. The third-order valence-corrected chi connectivity index (χ3v) is 9.45. The molecule has 4 atom stereocenters. The number of aryl methyl sites for hydroxylation is 1. The molecule has 2 fully saturated rings. The molecule has 1 saturated carbocycles. The molecule has 3 heterocycles. The van der Waals surface area contributed by atoms with E-state index >= 15 is 0 Å². The molecule has 0 spiro atoms. The molecule has 222 valence electrons. The third kappa shape index (κ3) is 5.90. The summed E-state index contributed by atoms with van der Waals surface area (Å²) in [6.07, 6.45) is 8.13. The second-order valence-electron chi connectivity index (χ2n) is 12.2. The molecule has 1 N–H and O–H groups in total. The van der Waals surface area contributed by atoms with Gasteiger partial charge in [0, 0.05) is 19.4 Å². The van der Waals surface area contributed by atoms with Gasteiger partial charge >= 0.3 is 5.97 Å². The fraction of sp³-hybridized carbons (Fsp3) is 0.486. The summed E-state index contributed by atoms with van der Waals surface area (Å²) in [6.45, 7) is 4.57. The van der Waals surface area contributed by atoms with Crippen LogP contribution in [0.25, 0.3) is 11.1 Å². The number of methoxy groups -OCH3 is 2. The molecule has 42 heavy (non-hydrogen) atoms. The van der Waals surface area contributed by atoms with Gasteiger partial charge in [-0.3, -0.25) is 9.69 Å². The molecule has 7 nitrogen and oxygen atoms in total. The van der Waals surface area contributed by atoms with Crippen LogP contribution in [-0.2, 0) is 16.0 Å². The average molecular weight is 571 g/mol. The van der Waals surface area contributed by atoms with E-state index in [0.717, 1.165) is 66.8 Å². The summed E-state index contributed by atoms with van der Waals surface area (Å²) in [5.41, 5.74) is 6.90. The van der Waals surface area contributed by atoms with E-state index in [1.54, 1.807) is 20.4 Å². The van der Waals surface area contributed by atoms with Crippen LogP contribution in [0, 0.1) is 11.8 Å². The van der Waals surface area contributed by atoms with Crippen molar-refractivity contribution in [2.75, 3.05) is 33.9 Å². The first kappa shape index (κ1) is 28.7. The van der Waals surface area contributed by atoms with E-state index in [0.29, 0.717) is 18.4 Å². The molecule has 0 amide bonds. The maximum Gasteiger partial charge on any atom is 0.306 e. The Labute approximate surface area is 248 Å². The van der Waals surface area contributed by atoms with Crippen molar-refractivity contribution in [3.05, 3.63) is 77.0 Å². The normalized spacial score (nSPS) is 20.8. The van der Waals surface area contributed by atoms with E-state index in [9.17, 15) is 9.90 Å². The van der Waals surface area contributed by atoms with Crippen LogP contribution < -0.4 is 9.47 Å². The number of carboxylic acid groups (broad SMARTS) is 1. The Morgan fingerprint density at radius 2 is 1.88 bits per heavy atom. The number of hydrogen-bond acceptors (Lipinski definition) is 6. The molecule has 0 bridgehead atoms. The predicted octanol–water partition coefficient (Wildman–Crippen LogP) is 6.82. The number of rotatable bonds is 11. The largest absolute Gasteiger partial charge is 0.485 e. The Morgan fingerprint density at radius 3 is 2.60 bits per heavy atom. The number of aromatic nitrogens is 1. The Hall–Kier alpha value is -3.42. The molecule has 7 heteroatoms. The standard InChI is InChI=1S/C35H42N2O5/c1-22(35(38)39)34(24-7-8-24)27-9-6-23-11-13-31(42-32(23)19-27)26-10-12-28(25-14-15-36-33(20-25)41-3)29(18-26)30(21-40-2)37-16-4-5-17-37/h6,9-10,12,14-15,18-20,22,24,30-31,34H,4-5,7-8,11,13,16-17,21H2,1-3H3,(H,38,39)/t22-,30?,31?,34-/m0/s1. The van der Waals surface area contributed by atoms with Gasteiger partial charge in [0.05, 0.1) is 25.7 Å². The second kappa shape index (κ2) is 12.4. The second-order valence-corrected chi connectivity index (χ2v) is 12.2. The van der Waals surface area contributed by atoms with Crippen molar-refractivity contribution < 1.29 is 24.1 Å². The quantitative estimate of drug-likeness (QED) is 0.271.